The number of pyridine rings is 1. The number of rotatable bonds is 5. The molecule has 0 saturated heterocycles. The average Bonchev–Trinajstić information content (AvgIpc) is 3.23. The Bertz CT molecular complexity index is 1270. The van der Waals surface area contributed by atoms with Crippen LogP contribution in [0.3, 0.4) is 0 Å². The molecule has 2 aromatic carbocycles. The fourth-order valence-electron chi connectivity index (χ4n) is 3.05. The predicted molar refractivity (Wildman–Crippen MR) is 115 cm³/mol. The molecule has 3 N–H and O–H groups in total. The van der Waals surface area contributed by atoms with Crippen molar-refractivity contribution in [3.63, 3.8) is 0 Å². The van der Waals surface area contributed by atoms with E-state index < -0.39 is 0 Å². The van der Waals surface area contributed by atoms with Crippen LogP contribution in [-0.2, 0) is 5.75 Å². The van der Waals surface area contributed by atoms with Crippen LogP contribution in [0.1, 0.15) is 16.7 Å². The first kappa shape index (κ1) is 19.3. The zero-order valence-electron chi connectivity index (χ0n) is 15.9. The molecule has 0 spiro atoms. The molecule has 7 heteroatoms. The summed E-state index contributed by atoms with van der Waals surface area (Å²) in [5.74, 6) is 0.829. The highest BCUT2D eigenvalue weighted by molar-refractivity contribution is 7.98. The van der Waals surface area contributed by atoms with Crippen LogP contribution in [0.5, 0.6) is 0 Å². The number of hydrogen-bond donors (Lipinski definition) is 1. The molecule has 0 bridgehead atoms. The third-order valence-corrected chi connectivity index (χ3v) is 5.61. The second-order valence-electron chi connectivity index (χ2n) is 6.50. The van der Waals surface area contributed by atoms with Crippen molar-refractivity contribution in [3.8, 4) is 29.1 Å². The fourth-order valence-corrected chi connectivity index (χ4v) is 4.00. The van der Waals surface area contributed by atoms with Crippen LogP contribution >= 0.6 is 11.8 Å². The molecule has 144 valence electrons. The minimum Gasteiger partial charge on any atom is -0.286 e. The normalized spacial score (nSPS) is 10.3. The summed E-state index contributed by atoms with van der Waals surface area (Å²) < 4.78 is 1.86. The van der Waals surface area contributed by atoms with Crippen LogP contribution in [0.15, 0.2) is 78.0 Å². The molecule has 4 aromatic rings. The fraction of sp³-hybridized carbons (Fsp3) is 0.0435. The number of anilines is 1. The summed E-state index contributed by atoms with van der Waals surface area (Å²) in [6.45, 7) is 0. The first-order valence-corrected chi connectivity index (χ1v) is 10.2. The Morgan fingerprint density at radius 3 is 2.30 bits per heavy atom. The number of para-hydroxylation sites is 1. The Morgan fingerprint density at radius 2 is 1.63 bits per heavy atom. The van der Waals surface area contributed by atoms with Gasteiger partial charge in [0.05, 0.1) is 11.4 Å². The van der Waals surface area contributed by atoms with E-state index in [9.17, 15) is 5.26 Å². The molecule has 4 rings (SSSR count). The van der Waals surface area contributed by atoms with E-state index in [0.29, 0.717) is 16.3 Å². The van der Waals surface area contributed by atoms with E-state index in [-0.39, 0.29) is 11.4 Å². The second kappa shape index (κ2) is 8.52. The summed E-state index contributed by atoms with van der Waals surface area (Å²) in [4.78, 5) is 2.98. The van der Waals surface area contributed by atoms with Crippen molar-refractivity contribution in [2.45, 2.75) is 10.8 Å². The van der Waals surface area contributed by atoms with Crippen LogP contribution in [-0.4, -0.2) is 9.78 Å². The van der Waals surface area contributed by atoms with Gasteiger partial charge in [-0.15, -0.1) is 0 Å². The van der Waals surface area contributed by atoms with Gasteiger partial charge in [-0.25, -0.2) is 9.67 Å². The molecule has 2 heterocycles. The molecule has 0 fully saturated rings. The van der Waals surface area contributed by atoms with Gasteiger partial charge in [-0.2, -0.15) is 15.6 Å². The van der Waals surface area contributed by atoms with E-state index in [2.05, 4.69) is 11.1 Å². The van der Waals surface area contributed by atoms with Gasteiger partial charge in [0.2, 0.25) is 0 Å². The number of hydrogen-bond acceptors (Lipinski definition) is 5. The molecule has 0 aliphatic rings. The number of nitriles is 2. The Labute approximate surface area is 178 Å². The van der Waals surface area contributed by atoms with Crippen LogP contribution in [0.2, 0.25) is 0 Å². The Balaban J connectivity index is 1.71. The lowest BCUT2D eigenvalue weighted by Crippen LogP contribution is -2.16. The second-order valence-corrected chi connectivity index (χ2v) is 7.49. The lowest BCUT2D eigenvalue weighted by Gasteiger charge is -2.03. The topological polar surface area (TPSA) is 106 Å². The summed E-state index contributed by atoms with van der Waals surface area (Å²) in [5, 5.41) is 24.0. The minimum atomic E-state index is 0.252. The predicted octanol–water partition coefficient (Wildman–Crippen LogP) is 3.97. The van der Waals surface area contributed by atoms with Gasteiger partial charge >= 0.3 is 0 Å². The number of nitrogen functional groups attached to an aromatic ring is 1. The molecule has 2 aromatic heterocycles. The summed E-state index contributed by atoms with van der Waals surface area (Å²) in [6.07, 6.45) is 2.00. The van der Waals surface area contributed by atoms with Crippen molar-refractivity contribution >= 4 is 17.6 Å². The Hall–Kier alpha value is -4.07. The van der Waals surface area contributed by atoms with Gasteiger partial charge in [-0.3, -0.25) is 5.73 Å². The van der Waals surface area contributed by atoms with Gasteiger partial charge in [0.15, 0.2) is 5.03 Å². The van der Waals surface area contributed by atoms with Crippen molar-refractivity contribution in [1.29, 1.82) is 10.5 Å². The molecule has 0 aliphatic carbocycles. The van der Waals surface area contributed by atoms with Crippen LogP contribution < -0.4 is 10.7 Å². The number of nitrogens with zero attached hydrogens (tertiary/aromatic N) is 4. The molecule has 0 atom stereocenters. The highest BCUT2D eigenvalue weighted by Gasteiger charge is 2.17. The van der Waals surface area contributed by atoms with E-state index in [4.69, 9.17) is 16.1 Å². The molecular formula is C23H17N6S+. The number of aromatic nitrogens is 3. The van der Waals surface area contributed by atoms with Crippen LogP contribution in [0, 0.1) is 22.7 Å². The van der Waals surface area contributed by atoms with Gasteiger partial charge < -0.3 is 0 Å². The summed E-state index contributed by atoms with van der Waals surface area (Å²) >= 11 is 1.45. The largest absolute Gasteiger partial charge is 0.289 e. The molecule has 0 aliphatic heterocycles. The zero-order valence-corrected chi connectivity index (χ0v) is 16.7. The standard InChI is InChI=1S/C23H16N6S/c24-12-17-11-18(13-25)23(27-22(17)26)30-15-19-14-29(20-9-5-2-6-10-20)28-21(19)16-7-3-1-4-8-16/h1-11,14H,15H2,(H2,26,27)/p+1. The third kappa shape index (κ3) is 3.88. The van der Waals surface area contributed by atoms with Crippen molar-refractivity contribution in [1.82, 2.24) is 9.78 Å². The summed E-state index contributed by atoms with van der Waals surface area (Å²) in [6, 6.07) is 25.5. The number of nitrogens with two attached hydrogens (primary N) is 1. The molecule has 6 nitrogen and oxygen atoms in total. The monoisotopic (exact) mass is 409 g/mol. The smallest absolute Gasteiger partial charge is 0.286 e. The summed E-state index contributed by atoms with van der Waals surface area (Å²) in [5.41, 5.74) is 10.5. The molecule has 0 saturated carbocycles. The third-order valence-electron chi connectivity index (χ3n) is 4.54. The maximum absolute atomic E-state index is 9.46. The highest BCUT2D eigenvalue weighted by atomic mass is 32.2. The number of benzene rings is 2. The van der Waals surface area contributed by atoms with Gasteiger partial charge in [0.25, 0.3) is 5.82 Å². The number of nitrogens with one attached hydrogen (secondary N) is 1. The quantitative estimate of drug-likeness (QED) is 0.502. The number of thioether (sulfide) groups is 1. The molecular weight excluding hydrogens is 392 g/mol. The molecule has 0 radical (unpaired) electrons. The minimum absolute atomic E-state index is 0.252. The average molecular weight is 409 g/mol. The van der Waals surface area contributed by atoms with E-state index in [1.54, 1.807) is 0 Å². The first-order chi connectivity index (χ1) is 14.7. The van der Waals surface area contributed by atoms with Crippen molar-refractivity contribution in [3.05, 3.63) is 89.6 Å². The van der Waals surface area contributed by atoms with Gasteiger partial charge in [-0.1, -0.05) is 60.3 Å². The van der Waals surface area contributed by atoms with E-state index >= 15 is 0 Å². The van der Waals surface area contributed by atoms with Gasteiger partial charge in [0.1, 0.15) is 23.3 Å². The van der Waals surface area contributed by atoms with E-state index in [1.165, 1.54) is 17.8 Å². The lowest BCUT2D eigenvalue weighted by molar-refractivity contribution is -0.410. The number of aromatic amines is 1. The van der Waals surface area contributed by atoms with Crippen molar-refractivity contribution in [2.24, 2.45) is 0 Å². The summed E-state index contributed by atoms with van der Waals surface area (Å²) in [7, 11) is 0. The van der Waals surface area contributed by atoms with Crippen LogP contribution in [0.25, 0.3) is 16.9 Å². The first-order valence-electron chi connectivity index (χ1n) is 9.18. The molecule has 0 unspecified atom stereocenters. The highest BCUT2D eigenvalue weighted by Crippen LogP contribution is 2.30. The molecule has 30 heavy (non-hydrogen) atoms. The number of H-pyrrole nitrogens is 1. The maximum atomic E-state index is 9.46. The Kier molecular flexibility index (Phi) is 5.47. The van der Waals surface area contributed by atoms with Crippen molar-refractivity contribution < 1.29 is 4.98 Å². The zero-order chi connectivity index (χ0) is 20.9. The van der Waals surface area contributed by atoms with Crippen molar-refractivity contribution in [2.75, 3.05) is 5.73 Å². The lowest BCUT2D eigenvalue weighted by atomic mass is 10.1. The van der Waals surface area contributed by atoms with E-state index in [0.717, 1.165) is 22.5 Å². The van der Waals surface area contributed by atoms with Gasteiger partial charge in [-0.05, 0) is 18.2 Å². The molecule has 0 amide bonds. The van der Waals surface area contributed by atoms with Crippen LogP contribution in [0.4, 0.5) is 5.82 Å². The maximum Gasteiger partial charge on any atom is 0.289 e. The SMILES string of the molecule is N#Cc1cc(C#N)c(SCc2cn(-c3ccccc3)nc2-c2ccccc2)[nH+]c1N. The Morgan fingerprint density at radius 1 is 0.967 bits per heavy atom. The van der Waals surface area contributed by atoms with E-state index in [1.807, 2.05) is 77.6 Å². The van der Waals surface area contributed by atoms with Gasteiger partial charge in [0, 0.05) is 23.1 Å².